The number of hydrogen-bond donors (Lipinski definition) is 11. The number of benzene rings is 4. The van der Waals surface area contributed by atoms with Gasteiger partial charge >= 0.3 is 5.97 Å². The number of aliphatic carboxylic acids is 1. The number of nitrogens with one attached hydrogen (secondary N) is 8. The van der Waals surface area contributed by atoms with Crippen LogP contribution in [0.2, 0.25) is 0 Å². The fourth-order valence-electron chi connectivity index (χ4n) is 8.25. The van der Waals surface area contributed by atoms with Crippen molar-refractivity contribution in [3.05, 3.63) is 114 Å². The number of amides is 7. The topological polar surface area (TPSA) is 334 Å². The molecule has 374 valence electrons. The first-order valence-electron chi connectivity index (χ1n) is 23.4. The van der Waals surface area contributed by atoms with Crippen LogP contribution in [-0.4, -0.2) is 118 Å². The molecule has 0 saturated carbocycles. The van der Waals surface area contributed by atoms with Gasteiger partial charge in [0.2, 0.25) is 41.4 Å². The SMILES string of the molecule is CC(=O)N[C@H]1CC(=O)NCCCC[C@@H](C(=O)O)NC(=O)[C@H](Cc2ccc3ccccc3c2)NC(=O)[C@H](CCCN=C(N)N)NC(=O)[C@@H](Cc2ccc3ccccc3c2)NC(=O)[C@H](Cc2cnc[nH]2)NC1=O. The van der Waals surface area contributed by atoms with Crippen LogP contribution in [-0.2, 0) is 57.6 Å². The van der Waals surface area contributed by atoms with E-state index in [1.807, 2.05) is 72.8 Å². The van der Waals surface area contributed by atoms with Gasteiger partial charge in [-0.05, 0) is 64.8 Å². The Balaban J connectivity index is 1.39. The van der Waals surface area contributed by atoms with E-state index in [0.29, 0.717) is 16.8 Å². The summed E-state index contributed by atoms with van der Waals surface area (Å²) in [6.45, 7) is 1.29. The molecule has 13 N–H and O–H groups in total. The lowest BCUT2D eigenvalue weighted by molar-refractivity contribution is -0.142. The molecule has 0 radical (unpaired) electrons. The molecule has 7 amide bonds. The number of carbonyl (C=O) groups is 8. The van der Waals surface area contributed by atoms with E-state index in [2.05, 4.69) is 52.2 Å². The van der Waals surface area contributed by atoms with Gasteiger partial charge in [-0.25, -0.2) is 9.78 Å². The molecule has 1 aromatic heterocycles. The number of imidazole rings is 1. The minimum Gasteiger partial charge on any atom is -0.480 e. The molecule has 6 atom stereocenters. The number of hydrogen-bond acceptors (Lipinski definition) is 10. The second-order valence-corrected chi connectivity index (χ2v) is 17.4. The Morgan fingerprint density at radius 1 is 0.690 bits per heavy atom. The van der Waals surface area contributed by atoms with Crippen LogP contribution in [0, 0.1) is 0 Å². The summed E-state index contributed by atoms with van der Waals surface area (Å²) in [5.74, 6) is -6.89. The molecule has 0 unspecified atom stereocenters. The maximum atomic E-state index is 14.8. The van der Waals surface area contributed by atoms with Crippen molar-refractivity contribution in [2.75, 3.05) is 13.1 Å². The lowest BCUT2D eigenvalue weighted by atomic mass is 9.99. The number of carboxylic acid groups (broad SMARTS) is 1. The summed E-state index contributed by atoms with van der Waals surface area (Å²) < 4.78 is 0. The first-order chi connectivity index (χ1) is 34.1. The third-order valence-corrected chi connectivity index (χ3v) is 11.9. The number of aromatic amines is 1. The van der Waals surface area contributed by atoms with Gasteiger partial charge < -0.3 is 58.8 Å². The van der Waals surface area contributed by atoms with Crippen molar-refractivity contribution in [3.63, 3.8) is 0 Å². The van der Waals surface area contributed by atoms with E-state index >= 15 is 0 Å². The van der Waals surface area contributed by atoms with E-state index < -0.39 is 90.0 Å². The number of fused-ring (bicyclic) bond motifs is 2. The lowest BCUT2D eigenvalue weighted by Crippen LogP contribution is -2.60. The maximum Gasteiger partial charge on any atom is 0.326 e. The van der Waals surface area contributed by atoms with Gasteiger partial charge in [0.15, 0.2) is 5.96 Å². The quantitative estimate of drug-likeness (QED) is 0.0463. The summed E-state index contributed by atoms with van der Waals surface area (Å²) in [5, 5.41) is 32.5. The van der Waals surface area contributed by atoms with Gasteiger partial charge in [-0.2, -0.15) is 0 Å². The Morgan fingerprint density at radius 3 is 1.77 bits per heavy atom. The average molecular weight is 973 g/mol. The first kappa shape index (κ1) is 52.0. The molecule has 4 aromatic carbocycles. The monoisotopic (exact) mass is 972 g/mol. The molecule has 6 rings (SSSR count). The van der Waals surface area contributed by atoms with Crippen molar-refractivity contribution in [1.29, 1.82) is 0 Å². The number of aliphatic imine (C=N–C) groups is 1. The minimum absolute atomic E-state index is 0.0503. The third-order valence-electron chi connectivity index (χ3n) is 11.9. The van der Waals surface area contributed by atoms with Gasteiger partial charge in [0, 0.05) is 51.2 Å². The summed E-state index contributed by atoms with van der Waals surface area (Å²) in [5.41, 5.74) is 12.9. The van der Waals surface area contributed by atoms with Crippen LogP contribution in [0.1, 0.15) is 62.3 Å². The molecule has 1 fully saturated rings. The van der Waals surface area contributed by atoms with Gasteiger partial charge in [0.1, 0.15) is 36.3 Å². The molecule has 1 aliphatic heterocycles. The molecule has 1 saturated heterocycles. The molecule has 1 aliphatic rings. The van der Waals surface area contributed by atoms with Crippen molar-refractivity contribution in [2.24, 2.45) is 16.5 Å². The van der Waals surface area contributed by atoms with Crippen LogP contribution in [0.15, 0.2) is 102 Å². The van der Waals surface area contributed by atoms with E-state index in [4.69, 9.17) is 11.5 Å². The van der Waals surface area contributed by atoms with Crippen molar-refractivity contribution in [3.8, 4) is 0 Å². The van der Waals surface area contributed by atoms with Crippen LogP contribution in [0.5, 0.6) is 0 Å². The van der Waals surface area contributed by atoms with Gasteiger partial charge in [-0.1, -0.05) is 84.9 Å². The lowest BCUT2D eigenvalue weighted by Gasteiger charge is -2.27. The minimum atomic E-state index is -1.43. The second kappa shape index (κ2) is 25.3. The largest absolute Gasteiger partial charge is 0.480 e. The summed E-state index contributed by atoms with van der Waals surface area (Å²) in [7, 11) is 0. The van der Waals surface area contributed by atoms with Crippen molar-refractivity contribution >= 4 is 74.8 Å². The fourth-order valence-corrected chi connectivity index (χ4v) is 8.25. The molecule has 0 aliphatic carbocycles. The smallest absolute Gasteiger partial charge is 0.326 e. The van der Waals surface area contributed by atoms with E-state index in [0.717, 1.165) is 28.5 Å². The Bertz CT molecular complexity index is 2740. The highest BCUT2D eigenvalue weighted by Gasteiger charge is 2.34. The summed E-state index contributed by atoms with van der Waals surface area (Å²) >= 11 is 0. The van der Waals surface area contributed by atoms with E-state index in [1.165, 1.54) is 12.5 Å². The van der Waals surface area contributed by atoms with E-state index in [1.54, 1.807) is 12.1 Å². The number of nitrogens with two attached hydrogens (primary N) is 2. The normalized spacial score (nSPS) is 21.4. The highest BCUT2D eigenvalue weighted by Crippen LogP contribution is 2.19. The van der Waals surface area contributed by atoms with E-state index in [9.17, 15) is 43.5 Å². The van der Waals surface area contributed by atoms with Gasteiger partial charge in [0.25, 0.3) is 0 Å². The predicted octanol–water partition coefficient (Wildman–Crippen LogP) is 0.501. The number of H-pyrrole nitrogens is 1. The van der Waals surface area contributed by atoms with Crippen LogP contribution < -0.4 is 48.7 Å². The van der Waals surface area contributed by atoms with Gasteiger partial charge in [0.05, 0.1) is 12.7 Å². The van der Waals surface area contributed by atoms with Crippen molar-refractivity contribution in [1.82, 2.24) is 47.2 Å². The first-order valence-corrected chi connectivity index (χ1v) is 23.4. The van der Waals surface area contributed by atoms with Crippen LogP contribution in [0.4, 0.5) is 0 Å². The summed E-state index contributed by atoms with van der Waals surface area (Å²) in [6.07, 6.45) is 2.54. The number of carbonyl (C=O) groups excluding carboxylic acids is 7. The van der Waals surface area contributed by atoms with Gasteiger partial charge in [-0.15, -0.1) is 0 Å². The number of carboxylic acids is 1. The molecule has 71 heavy (non-hydrogen) atoms. The molecular formula is C50H60N12O9. The molecule has 21 heteroatoms. The van der Waals surface area contributed by atoms with Crippen LogP contribution in [0.3, 0.4) is 0 Å². The van der Waals surface area contributed by atoms with Crippen molar-refractivity contribution < 1.29 is 43.5 Å². The van der Waals surface area contributed by atoms with Gasteiger partial charge in [-0.3, -0.25) is 38.6 Å². The zero-order valence-electron chi connectivity index (χ0n) is 39.2. The average Bonchev–Trinajstić information content (AvgIpc) is 3.86. The zero-order valence-corrected chi connectivity index (χ0v) is 39.2. The number of guanidine groups is 1. The molecule has 0 spiro atoms. The highest BCUT2D eigenvalue weighted by molar-refractivity contribution is 5.98. The Labute approximate surface area is 409 Å². The van der Waals surface area contributed by atoms with Crippen molar-refractivity contribution in [2.45, 2.75) is 101 Å². The summed E-state index contributed by atoms with van der Waals surface area (Å²) in [4.78, 5) is 121. The van der Waals surface area contributed by atoms with Crippen LogP contribution >= 0.6 is 0 Å². The zero-order chi connectivity index (χ0) is 50.9. The number of aromatic nitrogens is 2. The summed E-state index contributed by atoms with van der Waals surface area (Å²) in [6, 6.07) is 17.8. The highest BCUT2D eigenvalue weighted by atomic mass is 16.4. The number of nitrogens with zero attached hydrogens (tertiary/aromatic N) is 2. The van der Waals surface area contributed by atoms with Crippen LogP contribution in [0.25, 0.3) is 21.5 Å². The molecule has 5 aromatic rings. The molecular weight excluding hydrogens is 913 g/mol. The maximum absolute atomic E-state index is 14.8. The molecule has 21 nitrogen and oxygen atoms in total. The third kappa shape index (κ3) is 15.8. The Morgan fingerprint density at radius 2 is 1.23 bits per heavy atom. The predicted molar refractivity (Wildman–Crippen MR) is 264 cm³/mol. The Kier molecular flexibility index (Phi) is 18.5. The standard InChI is InChI=1S/C50H60N12O9/c1-29(63)57-42-26-43(64)54-19-7-6-13-38(49(70)71)59-46(67)40(24-31-16-18-33-10-3-5-12-35(33)22-31)60-44(65)37(14-8-20-55-50(51)52)58-45(66)39(23-30-15-17-32-9-2-4-11-34(32)21-30)61-47(68)41(62-48(42)69)25-36-27-53-28-56-36/h2-5,9-12,15-18,21-22,27-28,37-42H,6-8,13-14,19-20,23-26H2,1H3,(H,53,56)(H,54,64)(H,57,63)(H,58,66)(H,59,67)(H,60,65)(H,61,68)(H,62,69)(H,70,71)(H4,51,52,55)/t37-,38-,39+,40-,41-,42-/m0/s1. The Hall–Kier alpha value is -8.36. The second-order valence-electron chi connectivity index (χ2n) is 17.4. The molecule has 2 heterocycles. The number of rotatable bonds is 12. The fraction of sp³-hybridized carbons (Fsp3) is 0.360. The molecule has 0 bridgehead atoms. The van der Waals surface area contributed by atoms with E-state index in [-0.39, 0.29) is 70.4 Å².